The van der Waals surface area contributed by atoms with Gasteiger partial charge < -0.3 is 26.4 Å². The van der Waals surface area contributed by atoms with Crippen LogP contribution in [0.1, 0.15) is 35.8 Å². The number of aromatic nitrogens is 3. The van der Waals surface area contributed by atoms with E-state index in [1.807, 2.05) is 30.3 Å². The van der Waals surface area contributed by atoms with Gasteiger partial charge in [0.25, 0.3) is 5.91 Å². The van der Waals surface area contributed by atoms with Crippen LogP contribution in [0.2, 0.25) is 0 Å². The number of rotatable bonds is 9. The lowest BCUT2D eigenvalue weighted by molar-refractivity contribution is -0.114. The Hall–Kier alpha value is -4.87. The van der Waals surface area contributed by atoms with E-state index in [1.54, 1.807) is 48.5 Å². The largest absolute Gasteiger partial charge is 0.455 e. The average molecular weight is 627 g/mol. The molecule has 5 N–H and O–H groups in total. The summed E-state index contributed by atoms with van der Waals surface area (Å²) in [6.07, 6.45) is 1.44. The predicted molar refractivity (Wildman–Crippen MR) is 167 cm³/mol. The van der Waals surface area contributed by atoms with Crippen molar-refractivity contribution in [2.75, 3.05) is 22.5 Å². The third kappa shape index (κ3) is 6.88. The van der Waals surface area contributed by atoms with Gasteiger partial charge in [-0.3, -0.25) is 9.59 Å². The van der Waals surface area contributed by atoms with Gasteiger partial charge in [0.1, 0.15) is 17.9 Å². The fourth-order valence-corrected chi connectivity index (χ4v) is 4.51. The molecule has 42 heavy (non-hydrogen) atoms. The highest BCUT2D eigenvalue weighted by Crippen LogP contribution is 2.35. The molecule has 0 saturated heterocycles. The summed E-state index contributed by atoms with van der Waals surface area (Å²) in [7, 11) is 0. The topological polar surface area (TPSA) is 144 Å². The normalized spacial score (nSPS) is 10.9. The van der Waals surface area contributed by atoms with Crippen molar-refractivity contribution in [3.05, 3.63) is 101 Å². The van der Waals surface area contributed by atoms with Crippen LogP contribution in [-0.2, 0) is 4.79 Å². The van der Waals surface area contributed by atoms with Crippen LogP contribution in [0.25, 0.3) is 11.0 Å². The van der Waals surface area contributed by atoms with Gasteiger partial charge in [0.05, 0.1) is 17.6 Å². The van der Waals surface area contributed by atoms with Gasteiger partial charge in [-0.05, 0) is 66.6 Å². The van der Waals surface area contributed by atoms with Gasteiger partial charge in [0.2, 0.25) is 5.91 Å². The van der Waals surface area contributed by atoms with Crippen LogP contribution < -0.4 is 26.4 Å². The van der Waals surface area contributed by atoms with E-state index in [1.165, 1.54) is 6.33 Å². The molecule has 2 aromatic heterocycles. The Morgan fingerprint density at radius 2 is 1.71 bits per heavy atom. The van der Waals surface area contributed by atoms with E-state index in [9.17, 15) is 9.59 Å². The Labute approximate surface area is 250 Å². The average Bonchev–Trinajstić information content (AvgIpc) is 2.98. The summed E-state index contributed by atoms with van der Waals surface area (Å²) in [4.78, 5) is 38.5. The maximum Gasteiger partial charge on any atom is 0.255 e. The first-order chi connectivity index (χ1) is 20.3. The molecular weight excluding hydrogens is 598 g/mol. The molecular formula is C31H28BrN7O3. The van der Waals surface area contributed by atoms with E-state index in [0.717, 1.165) is 10.2 Å². The Morgan fingerprint density at radius 1 is 0.929 bits per heavy atom. The lowest BCUT2D eigenvalue weighted by atomic mass is 10.1. The number of nitrogens with one attached hydrogen (secondary N) is 3. The first kappa shape index (κ1) is 28.7. The van der Waals surface area contributed by atoms with Crippen molar-refractivity contribution in [2.45, 2.75) is 19.8 Å². The Balaban J connectivity index is 1.51. The summed E-state index contributed by atoms with van der Waals surface area (Å²) < 4.78 is 7.08. The maximum absolute atomic E-state index is 13.2. The number of fused-ring (bicyclic) bond motifs is 1. The van der Waals surface area contributed by atoms with Crippen LogP contribution in [0.3, 0.4) is 0 Å². The van der Waals surface area contributed by atoms with Crippen molar-refractivity contribution in [3.63, 3.8) is 0 Å². The second-order valence-electron chi connectivity index (χ2n) is 9.67. The molecule has 5 aromatic rings. The van der Waals surface area contributed by atoms with Gasteiger partial charge in [-0.15, -0.1) is 0 Å². The lowest BCUT2D eigenvalue weighted by Gasteiger charge is -2.16. The number of hydrogen-bond donors (Lipinski definition) is 4. The minimum atomic E-state index is -0.319. The number of carbonyl (C=O) groups is 2. The molecule has 2 heterocycles. The molecule has 0 spiro atoms. The number of nitrogens with zero attached hydrogens (tertiary/aromatic N) is 3. The number of benzene rings is 3. The molecule has 3 aromatic carbocycles. The van der Waals surface area contributed by atoms with Crippen molar-refractivity contribution in [3.8, 4) is 11.5 Å². The Kier molecular flexibility index (Phi) is 8.70. The van der Waals surface area contributed by atoms with Crippen molar-refractivity contribution in [1.82, 2.24) is 15.0 Å². The molecule has 0 unspecified atom stereocenters. The highest BCUT2D eigenvalue weighted by molar-refractivity contribution is 9.10. The number of anilines is 4. The van der Waals surface area contributed by atoms with Gasteiger partial charge in [-0.2, -0.15) is 0 Å². The van der Waals surface area contributed by atoms with Gasteiger partial charge in [0.15, 0.2) is 11.4 Å². The molecule has 0 atom stereocenters. The molecule has 0 bridgehead atoms. The summed E-state index contributed by atoms with van der Waals surface area (Å²) in [5, 5.41) is 9.66. The molecule has 0 radical (unpaired) electrons. The third-order valence-electron chi connectivity index (χ3n) is 6.22. The molecule has 11 heteroatoms. The first-order valence-electron chi connectivity index (χ1n) is 13.2. The van der Waals surface area contributed by atoms with E-state index in [0.29, 0.717) is 51.0 Å². The van der Waals surface area contributed by atoms with Crippen LogP contribution >= 0.6 is 15.9 Å². The van der Waals surface area contributed by atoms with Gasteiger partial charge in [-0.25, -0.2) is 15.0 Å². The molecule has 2 amide bonds. The Bertz CT molecular complexity index is 1780. The summed E-state index contributed by atoms with van der Waals surface area (Å²) in [5.41, 5.74) is 8.97. The SMILES string of the molecule is CC(C)c1ccc2c(Nc3cc(C(=O)Nc4cccc(Br)c4)ccc3Oc3cccc(NC(=O)CN)c3)ncnc2n1. The highest BCUT2D eigenvalue weighted by atomic mass is 79.9. The van der Waals surface area contributed by atoms with E-state index < -0.39 is 0 Å². The van der Waals surface area contributed by atoms with Crippen LogP contribution in [-0.4, -0.2) is 33.3 Å². The smallest absolute Gasteiger partial charge is 0.255 e. The predicted octanol–water partition coefficient (Wildman–Crippen LogP) is 6.60. The van der Waals surface area contributed by atoms with E-state index in [-0.39, 0.29) is 24.3 Å². The van der Waals surface area contributed by atoms with Crippen molar-refractivity contribution in [2.24, 2.45) is 5.73 Å². The van der Waals surface area contributed by atoms with Crippen LogP contribution in [0, 0.1) is 0 Å². The van der Waals surface area contributed by atoms with Gasteiger partial charge in [-0.1, -0.05) is 41.9 Å². The third-order valence-corrected chi connectivity index (χ3v) is 6.71. The quantitative estimate of drug-likeness (QED) is 0.143. The minimum absolute atomic E-state index is 0.136. The molecule has 212 valence electrons. The second kappa shape index (κ2) is 12.8. The van der Waals surface area contributed by atoms with Crippen molar-refractivity contribution >= 4 is 61.7 Å². The summed E-state index contributed by atoms with van der Waals surface area (Å²) in [6.45, 7) is 4.00. The molecule has 0 fully saturated rings. The molecule has 0 saturated carbocycles. The zero-order chi connectivity index (χ0) is 29.6. The zero-order valence-electron chi connectivity index (χ0n) is 22.9. The maximum atomic E-state index is 13.2. The molecule has 5 rings (SSSR count). The molecule has 0 aliphatic rings. The number of amides is 2. The summed E-state index contributed by atoms with van der Waals surface area (Å²) >= 11 is 3.43. The zero-order valence-corrected chi connectivity index (χ0v) is 24.5. The number of nitrogens with two attached hydrogens (primary N) is 1. The summed E-state index contributed by atoms with van der Waals surface area (Å²) in [6, 6.07) is 23.2. The van der Waals surface area contributed by atoms with Gasteiger partial charge >= 0.3 is 0 Å². The number of ether oxygens (including phenoxy) is 1. The van der Waals surface area contributed by atoms with E-state index >= 15 is 0 Å². The minimum Gasteiger partial charge on any atom is -0.455 e. The number of pyridine rings is 1. The number of halogens is 1. The monoisotopic (exact) mass is 625 g/mol. The van der Waals surface area contributed by atoms with E-state index in [4.69, 9.17) is 10.5 Å². The first-order valence-corrected chi connectivity index (χ1v) is 14.0. The van der Waals surface area contributed by atoms with Crippen LogP contribution in [0.4, 0.5) is 22.9 Å². The fraction of sp³-hybridized carbons (Fsp3) is 0.129. The van der Waals surface area contributed by atoms with E-state index in [2.05, 4.69) is 60.7 Å². The van der Waals surface area contributed by atoms with Gasteiger partial charge in [0, 0.05) is 33.2 Å². The lowest BCUT2D eigenvalue weighted by Crippen LogP contribution is -2.21. The Morgan fingerprint density at radius 3 is 2.48 bits per heavy atom. The molecule has 0 aliphatic heterocycles. The molecule has 10 nitrogen and oxygen atoms in total. The summed E-state index contributed by atoms with van der Waals surface area (Å²) in [5.74, 6) is 1.02. The number of hydrogen-bond acceptors (Lipinski definition) is 8. The fourth-order valence-electron chi connectivity index (χ4n) is 4.11. The molecule has 0 aliphatic carbocycles. The van der Waals surface area contributed by atoms with Crippen LogP contribution in [0.5, 0.6) is 11.5 Å². The van der Waals surface area contributed by atoms with Crippen molar-refractivity contribution in [1.29, 1.82) is 0 Å². The standard InChI is InChI=1S/C31H28BrN7O3/c1-18(2)25-11-10-24-29(38-25)34-17-35-30(24)39-26-13-19(31(41)37-21-6-3-5-20(32)14-21)9-12-27(26)42-23-8-4-7-22(15-23)36-28(40)16-33/h3-15,17-18H,16,33H2,1-2H3,(H,36,40)(H,37,41)(H,34,35,38,39). The highest BCUT2D eigenvalue weighted by Gasteiger charge is 2.16. The number of carbonyl (C=O) groups excluding carboxylic acids is 2. The second-order valence-corrected chi connectivity index (χ2v) is 10.6. The van der Waals surface area contributed by atoms with Crippen LogP contribution in [0.15, 0.2) is 89.7 Å². The van der Waals surface area contributed by atoms with Crippen molar-refractivity contribution < 1.29 is 14.3 Å².